The Balaban J connectivity index is 3.60. The van der Waals surface area contributed by atoms with E-state index >= 15 is 0 Å². The third-order valence-corrected chi connectivity index (χ3v) is 13.4. The first kappa shape index (κ1) is 25.2. The number of rotatable bonds is 3. The van der Waals surface area contributed by atoms with Gasteiger partial charge in [-0.05, 0) is 0 Å². The van der Waals surface area contributed by atoms with Crippen LogP contribution in [-0.2, 0) is 13.7 Å². The number of hydrogen-bond acceptors (Lipinski definition) is 5. The molecule has 162 valence electrons. The minimum atomic E-state index is -3.43. The normalized spacial score (nSPS) is 14.9. The quantitative estimate of drug-likeness (QED) is 0.500. The molecular formula is C20H38N2O4P2. The van der Waals surface area contributed by atoms with Crippen LogP contribution < -0.4 is 0 Å². The van der Waals surface area contributed by atoms with Gasteiger partial charge in [0.25, 0.3) is 7.37 Å². The lowest BCUT2D eigenvalue weighted by Gasteiger charge is -2.42. The highest BCUT2D eigenvalue weighted by atomic mass is 31.2. The van der Waals surface area contributed by atoms with Crippen molar-refractivity contribution in [1.29, 1.82) is 0 Å². The van der Waals surface area contributed by atoms with E-state index in [4.69, 9.17) is 4.52 Å². The van der Waals surface area contributed by atoms with Crippen LogP contribution in [-0.4, -0.2) is 35.9 Å². The molecular weight excluding hydrogens is 394 g/mol. The van der Waals surface area contributed by atoms with E-state index in [0.29, 0.717) is 0 Å². The van der Waals surface area contributed by atoms with E-state index in [0.717, 1.165) is 0 Å². The molecule has 0 fully saturated rings. The Morgan fingerprint density at radius 2 is 1.21 bits per heavy atom. The highest BCUT2D eigenvalue weighted by molar-refractivity contribution is 7.65. The maximum atomic E-state index is 14.2. The molecule has 6 nitrogen and oxygen atoms in total. The smallest absolute Gasteiger partial charge is 0.379 e. The fraction of sp³-hybridized carbons (Fsp3) is 0.800. The van der Waals surface area contributed by atoms with E-state index in [1.165, 1.54) is 10.5 Å². The third kappa shape index (κ3) is 4.05. The molecule has 0 aliphatic rings. The Bertz CT molecular complexity index is 792. The predicted octanol–water partition coefficient (Wildman–Crippen LogP) is 6.64. The van der Waals surface area contributed by atoms with Gasteiger partial charge in [0, 0.05) is 33.0 Å². The van der Waals surface area contributed by atoms with Crippen LogP contribution in [0.25, 0.3) is 0 Å². The average molecular weight is 432 g/mol. The first-order valence-electron chi connectivity index (χ1n) is 9.60. The van der Waals surface area contributed by atoms with E-state index in [9.17, 15) is 13.9 Å². The summed E-state index contributed by atoms with van der Waals surface area (Å²) in [5, 5.41) is -2.70. The molecule has 0 N–H and O–H groups in total. The Morgan fingerprint density at radius 1 is 0.821 bits per heavy atom. The van der Waals surface area contributed by atoms with E-state index in [2.05, 4.69) is 4.98 Å². The summed E-state index contributed by atoms with van der Waals surface area (Å²) in [5.74, 6) is -0.867. The number of nitrogens with zero attached hydrogens (tertiary/aromatic N) is 2. The van der Waals surface area contributed by atoms with E-state index in [-0.39, 0.29) is 5.82 Å². The van der Waals surface area contributed by atoms with Gasteiger partial charge < -0.3 is 4.52 Å². The Hall–Kier alpha value is -0.860. The molecule has 0 amide bonds. The molecule has 1 rings (SSSR count). The van der Waals surface area contributed by atoms with Crippen LogP contribution in [0.2, 0.25) is 0 Å². The van der Waals surface area contributed by atoms with Crippen molar-refractivity contribution >= 4 is 20.6 Å². The van der Waals surface area contributed by atoms with Crippen LogP contribution in [0.4, 0.5) is 0 Å². The van der Waals surface area contributed by atoms with Crippen LogP contribution in [0, 0.1) is 0 Å². The molecule has 0 aromatic carbocycles. The summed E-state index contributed by atoms with van der Waals surface area (Å²) in [5.41, 5.74) is 0. The zero-order chi connectivity index (χ0) is 22.6. The van der Waals surface area contributed by atoms with Gasteiger partial charge in [-0.3, -0.25) is 13.5 Å². The fourth-order valence-corrected chi connectivity index (χ4v) is 10.6. The Kier molecular flexibility index (Phi) is 6.41. The van der Waals surface area contributed by atoms with Crippen LogP contribution in [0.3, 0.4) is 0 Å². The molecule has 0 spiro atoms. The molecule has 1 heterocycles. The number of aromatic nitrogens is 2. The highest BCUT2D eigenvalue weighted by Crippen LogP contribution is 2.69. The summed E-state index contributed by atoms with van der Waals surface area (Å²) >= 11 is 0. The minimum absolute atomic E-state index is 0.0677. The molecule has 0 aliphatic heterocycles. The van der Waals surface area contributed by atoms with Crippen molar-refractivity contribution in [3.63, 3.8) is 0 Å². The molecule has 0 unspecified atom stereocenters. The van der Waals surface area contributed by atoms with Crippen LogP contribution >= 0.6 is 14.7 Å². The first-order chi connectivity index (χ1) is 12.1. The van der Waals surface area contributed by atoms with Gasteiger partial charge in [0.05, 0.1) is 0 Å². The average Bonchev–Trinajstić information content (AvgIpc) is 2.90. The monoisotopic (exact) mass is 432 g/mol. The van der Waals surface area contributed by atoms with Gasteiger partial charge in [0.15, 0.2) is 7.29 Å². The van der Waals surface area contributed by atoms with Gasteiger partial charge >= 0.3 is 5.97 Å². The van der Waals surface area contributed by atoms with Gasteiger partial charge in [-0.15, -0.1) is 0 Å². The summed E-state index contributed by atoms with van der Waals surface area (Å²) < 4.78 is 35.2. The zero-order valence-electron chi connectivity index (χ0n) is 19.6. The zero-order valence-corrected chi connectivity index (χ0v) is 21.4. The second-order valence-electron chi connectivity index (χ2n) is 11.3. The molecule has 1 aromatic rings. The van der Waals surface area contributed by atoms with E-state index in [1.54, 1.807) is 47.7 Å². The lowest BCUT2D eigenvalue weighted by Crippen LogP contribution is -2.35. The first-order valence-corrected chi connectivity index (χ1v) is 12.9. The van der Waals surface area contributed by atoms with Crippen molar-refractivity contribution in [3.05, 3.63) is 18.2 Å². The molecule has 8 heteroatoms. The molecule has 0 bridgehead atoms. The van der Waals surface area contributed by atoms with Gasteiger partial charge in [0.1, 0.15) is 0 Å². The summed E-state index contributed by atoms with van der Waals surface area (Å²) in [6.07, 6.45) is 3.01. The van der Waals surface area contributed by atoms with Gasteiger partial charge in [-0.1, -0.05) is 83.1 Å². The SMILES string of the molecule is CC(C)(C)P(=O)(OC(=O)c1nccn1P(=O)(C(C)(C)C)C(C)(C)C)C(C)(C)C. The van der Waals surface area contributed by atoms with Crippen molar-refractivity contribution in [3.8, 4) is 0 Å². The fourth-order valence-electron chi connectivity index (χ4n) is 3.76. The van der Waals surface area contributed by atoms with E-state index < -0.39 is 41.3 Å². The molecule has 0 aliphatic carbocycles. The van der Waals surface area contributed by atoms with Crippen molar-refractivity contribution in [2.45, 2.75) is 104 Å². The largest absolute Gasteiger partial charge is 0.405 e. The molecule has 0 radical (unpaired) electrons. The summed E-state index contributed by atoms with van der Waals surface area (Å²) in [4.78, 5) is 17.3. The highest BCUT2D eigenvalue weighted by Gasteiger charge is 2.52. The number of hydrogen-bond donors (Lipinski definition) is 0. The molecule has 0 atom stereocenters. The van der Waals surface area contributed by atoms with Gasteiger partial charge in [-0.25, -0.2) is 9.78 Å². The molecule has 28 heavy (non-hydrogen) atoms. The van der Waals surface area contributed by atoms with Crippen molar-refractivity contribution in [2.75, 3.05) is 0 Å². The van der Waals surface area contributed by atoms with Crippen LogP contribution in [0.5, 0.6) is 0 Å². The Labute approximate surface area is 170 Å². The molecule has 1 aromatic heterocycles. The second-order valence-corrected chi connectivity index (χ2v) is 19.5. The molecule has 0 saturated carbocycles. The molecule has 0 saturated heterocycles. The Morgan fingerprint density at radius 3 is 1.54 bits per heavy atom. The van der Waals surface area contributed by atoms with Crippen LogP contribution in [0.1, 0.15) is 93.7 Å². The summed E-state index contributed by atoms with van der Waals surface area (Å²) in [7, 11) is -6.60. The lowest BCUT2D eigenvalue weighted by molar-refractivity contribution is 0.0713. The number of imidazole rings is 1. The third-order valence-electron chi connectivity index (χ3n) is 4.90. The minimum Gasteiger partial charge on any atom is -0.405 e. The standard InChI is InChI=1S/C20H38N2O4P2/c1-17(2,3)27(24,18(4,5)6)22-14-13-21-15(22)16(23)26-28(25,19(7,8)9)20(10,11)12/h13-14H,1-12H3. The maximum Gasteiger partial charge on any atom is 0.379 e. The number of carbonyl (C=O) groups excluding carboxylic acids is 1. The van der Waals surface area contributed by atoms with E-state index in [1.807, 2.05) is 41.5 Å². The van der Waals surface area contributed by atoms with Crippen molar-refractivity contribution in [2.24, 2.45) is 0 Å². The topological polar surface area (TPSA) is 78.3 Å². The number of carbonyl (C=O) groups is 1. The lowest BCUT2D eigenvalue weighted by atomic mass is 10.2. The van der Waals surface area contributed by atoms with Crippen molar-refractivity contribution < 1.29 is 18.4 Å². The predicted molar refractivity (Wildman–Crippen MR) is 117 cm³/mol. The van der Waals surface area contributed by atoms with Gasteiger partial charge in [-0.2, -0.15) is 0 Å². The van der Waals surface area contributed by atoms with Crippen LogP contribution in [0.15, 0.2) is 12.4 Å². The summed E-state index contributed by atoms with van der Waals surface area (Å²) in [6, 6.07) is 0. The second kappa shape index (κ2) is 7.13. The van der Waals surface area contributed by atoms with Gasteiger partial charge in [0.2, 0.25) is 5.82 Å². The van der Waals surface area contributed by atoms with Crippen molar-refractivity contribution in [1.82, 2.24) is 9.32 Å². The summed E-state index contributed by atoms with van der Waals surface area (Å²) in [6.45, 7) is 22.2. The maximum absolute atomic E-state index is 14.2.